The van der Waals surface area contributed by atoms with Gasteiger partial charge in [0.25, 0.3) is 0 Å². The van der Waals surface area contributed by atoms with Crippen LogP contribution in [-0.4, -0.2) is 0 Å². The van der Waals surface area contributed by atoms with Gasteiger partial charge in [-0.15, -0.1) is 0 Å². The molecule has 1 aromatic heterocycles. The Morgan fingerprint density at radius 2 is 1.82 bits per heavy atom. The van der Waals surface area contributed by atoms with Gasteiger partial charge in [0.15, 0.2) is 0 Å². The van der Waals surface area contributed by atoms with Crippen LogP contribution in [0.3, 0.4) is 0 Å². The van der Waals surface area contributed by atoms with Gasteiger partial charge >= 0.3 is 6.18 Å². The molecule has 17 heavy (non-hydrogen) atoms. The van der Waals surface area contributed by atoms with Crippen molar-refractivity contribution in [3.8, 4) is 11.3 Å². The minimum atomic E-state index is -4.39. The standard InChI is InChI=1S/C12H8ClF3O/c1-7-2-5-11(17-7)9-6-8(12(14,15)16)3-4-10(9)13/h2-6H,1H3. The summed E-state index contributed by atoms with van der Waals surface area (Å²) >= 11 is 5.86. The summed E-state index contributed by atoms with van der Waals surface area (Å²) in [5.74, 6) is 0.951. The van der Waals surface area contributed by atoms with E-state index >= 15 is 0 Å². The molecule has 0 fully saturated rings. The van der Waals surface area contributed by atoms with Crippen LogP contribution in [0.5, 0.6) is 0 Å². The quantitative estimate of drug-likeness (QED) is 0.709. The molecule has 0 saturated carbocycles. The summed E-state index contributed by atoms with van der Waals surface area (Å²) in [6, 6.07) is 6.42. The third-order valence-electron chi connectivity index (χ3n) is 2.30. The predicted molar refractivity (Wildman–Crippen MR) is 58.9 cm³/mol. The minimum absolute atomic E-state index is 0.229. The minimum Gasteiger partial charge on any atom is -0.461 e. The van der Waals surface area contributed by atoms with Gasteiger partial charge in [0, 0.05) is 5.56 Å². The molecule has 0 amide bonds. The topological polar surface area (TPSA) is 13.1 Å². The van der Waals surface area contributed by atoms with Crippen LogP contribution in [0, 0.1) is 6.92 Å². The zero-order valence-corrected chi connectivity index (χ0v) is 9.56. The van der Waals surface area contributed by atoms with Crippen molar-refractivity contribution in [1.82, 2.24) is 0 Å². The average Bonchev–Trinajstić information content (AvgIpc) is 2.63. The van der Waals surface area contributed by atoms with Gasteiger partial charge in [0.1, 0.15) is 11.5 Å². The molecule has 0 N–H and O–H groups in total. The highest BCUT2D eigenvalue weighted by Crippen LogP contribution is 2.36. The fourth-order valence-corrected chi connectivity index (χ4v) is 1.68. The number of furan rings is 1. The molecular weight excluding hydrogens is 253 g/mol. The second kappa shape index (κ2) is 4.11. The number of benzene rings is 1. The van der Waals surface area contributed by atoms with E-state index in [2.05, 4.69) is 0 Å². The van der Waals surface area contributed by atoms with Crippen molar-refractivity contribution in [3.05, 3.63) is 46.7 Å². The highest BCUT2D eigenvalue weighted by Gasteiger charge is 2.31. The zero-order valence-electron chi connectivity index (χ0n) is 8.81. The number of hydrogen-bond donors (Lipinski definition) is 0. The first-order chi connectivity index (χ1) is 7.88. The fourth-order valence-electron chi connectivity index (χ4n) is 1.47. The van der Waals surface area contributed by atoms with Crippen molar-refractivity contribution < 1.29 is 17.6 Å². The van der Waals surface area contributed by atoms with Crippen LogP contribution < -0.4 is 0 Å². The Bertz CT molecular complexity index is 543. The molecule has 0 aliphatic heterocycles. The van der Waals surface area contributed by atoms with Crippen molar-refractivity contribution in [2.45, 2.75) is 13.1 Å². The lowest BCUT2D eigenvalue weighted by Crippen LogP contribution is -2.04. The Morgan fingerprint density at radius 3 is 2.35 bits per heavy atom. The number of aryl methyl sites for hydroxylation is 1. The van der Waals surface area contributed by atoms with E-state index in [4.69, 9.17) is 16.0 Å². The smallest absolute Gasteiger partial charge is 0.416 e. The van der Waals surface area contributed by atoms with Crippen LogP contribution in [0.15, 0.2) is 34.7 Å². The first kappa shape index (κ1) is 12.0. The number of rotatable bonds is 1. The van der Waals surface area contributed by atoms with Crippen molar-refractivity contribution >= 4 is 11.6 Å². The highest BCUT2D eigenvalue weighted by atomic mass is 35.5. The highest BCUT2D eigenvalue weighted by molar-refractivity contribution is 6.33. The Labute approximate surface area is 101 Å². The van der Waals surface area contributed by atoms with E-state index in [0.717, 1.165) is 12.1 Å². The lowest BCUT2D eigenvalue weighted by atomic mass is 10.1. The first-order valence-corrected chi connectivity index (χ1v) is 5.19. The summed E-state index contributed by atoms with van der Waals surface area (Å²) in [6.07, 6.45) is -4.39. The molecule has 0 radical (unpaired) electrons. The molecule has 0 bridgehead atoms. The van der Waals surface area contributed by atoms with E-state index in [1.54, 1.807) is 19.1 Å². The molecule has 0 spiro atoms. The maximum atomic E-state index is 12.5. The van der Waals surface area contributed by atoms with Crippen molar-refractivity contribution in [2.24, 2.45) is 0 Å². The Kier molecular flexibility index (Phi) is 2.91. The Hall–Kier alpha value is -1.42. The molecule has 5 heteroatoms. The Balaban J connectivity index is 2.54. The molecule has 2 rings (SSSR count). The van der Waals surface area contributed by atoms with Crippen LogP contribution in [0.4, 0.5) is 13.2 Å². The molecule has 0 aliphatic carbocycles. The van der Waals surface area contributed by atoms with Crippen LogP contribution in [0.2, 0.25) is 5.02 Å². The van der Waals surface area contributed by atoms with Gasteiger partial charge in [-0.1, -0.05) is 11.6 Å². The second-order valence-electron chi connectivity index (χ2n) is 3.60. The first-order valence-electron chi connectivity index (χ1n) is 4.81. The molecule has 0 saturated heterocycles. The lowest BCUT2D eigenvalue weighted by Gasteiger charge is -2.08. The molecule has 1 aromatic carbocycles. The van der Waals surface area contributed by atoms with Gasteiger partial charge in [-0.25, -0.2) is 0 Å². The number of halogens is 4. The lowest BCUT2D eigenvalue weighted by molar-refractivity contribution is -0.137. The SMILES string of the molecule is Cc1ccc(-c2cc(C(F)(F)F)ccc2Cl)o1. The monoisotopic (exact) mass is 260 g/mol. The summed E-state index contributed by atoms with van der Waals surface area (Å²) in [5.41, 5.74) is -0.499. The molecule has 2 aromatic rings. The molecule has 1 heterocycles. The van der Waals surface area contributed by atoms with E-state index < -0.39 is 11.7 Å². The molecule has 90 valence electrons. The molecule has 1 nitrogen and oxygen atoms in total. The van der Waals surface area contributed by atoms with E-state index in [-0.39, 0.29) is 10.6 Å². The summed E-state index contributed by atoms with van der Waals surface area (Å²) in [7, 11) is 0. The maximum absolute atomic E-state index is 12.5. The molecular formula is C12H8ClF3O. The van der Waals surface area contributed by atoms with Crippen molar-refractivity contribution in [2.75, 3.05) is 0 Å². The summed E-state index contributed by atoms with van der Waals surface area (Å²) in [6.45, 7) is 1.71. The summed E-state index contributed by atoms with van der Waals surface area (Å²) < 4.78 is 42.9. The second-order valence-corrected chi connectivity index (χ2v) is 4.01. The van der Waals surface area contributed by atoms with E-state index in [1.807, 2.05) is 0 Å². The van der Waals surface area contributed by atoms with Gasteiger partial charge < -0.3 is 4.42 Å². The van der Waals surface area contributed by atoms with Crippen molar-refractivity contribution in [1.29, 1.82) is 0 Å². The molecule has 0 atom stereocenters. The van der Waals surface area contributed by atoms with Gasteiger partial charge in [-0.2, -0.15) is 13.2 Å². The van der Waals surface area contributed by atoms with Crippen LogP contribution in [-0.2, 0) is 6.18 Å². The van der Waals surface area contributed by atoms with E-state index in [1.165, 1.54) is 6.07 Å². The van der Waals surface area contributed by atoms with Crippen LogP contribution >= 0.6 is 11.6 Å². The summed E-state index contributed by atoms with van der Waals surface area (Å²) in [5, 5.41) is 0.229. The fraction of sp³-hybridized carbons (Fsp3) is 0.167. The maximum Gasteiger partial charge on any atom is 0.416 e. The van der Waals surface area contributed by atoms with Crippen molar-refractivity contribution in [3.63, 3.8) is 0 Å². The third kappa shape index (κ3) is 2.47. The predicted octanol–water partition coefficient (Wildman–Crippen LogP) is 4.93. The average molecular weight is 261 g/mol. The zero-order chi connectivity index (χ0) is 12.6. The van der Waals surface area contributed by atoms with Crippen LogP contribution in [0.1, 0.15) is 11.3 Å². The normalized spacial score (nSPS) is 11.8. The molecule has 0 aliphatic rings. The van der Waals surface area contributed by atoms with E-state index in [9.17, 15) is 13.2 Å². The van der Waals surface area contributed by atoms with Gasteiger partial charge in [-0.05, 0) is 37.3 Å². The largest absolute Gasteiger partial charge is 0.461 e. The van der Waals surface area contributed by atoms with E-state index in [0.29, 0.717) is 11.5 Å². The van der Waals surface area contributed by atoms with Gasteiger partial charge in [0.05, 0.1) is 10.6 Å². The Morgan fingerprint density at radius 1 is 1.12 bits per heavy atom. The number of hydrogen-bond acceptors (Lipinski definition) is 1. The third-order valence-corrected chi connectivity index (χ3v) is 2.63. The molecule has 0 unspecified atom stereocenters. The summed E-state index contributed by atoms with van der Waals surface area (Å²) in [4.78, 5) is 0. The van der Waals surface area contributed by atoms with Gasteiger partial charge in [0.2, 0.25) is 0 Å². The van der Waals surface area contributed by atoms with Crippen LogP contribution in [0.25, 0.3) is 11.3 Å². The van der Waals surface area contributed by atoms with Gasteiger partial charge in [-0.3, -0.25) is 0 Å². The number of alkyl halides is 3.